The molecule has 5 nitrogen and oxygen atoms in total. The number of nitrogens with zero attached hydrogens (tertiary/aromatic N) is 3. The molecule has 1 aliphatic rings. The van der Waals surface area contributed by atoms with Crippen LogP contribution in [0.15, 0.2) is 91.4 Å². The molecular formula is C30H27N5PS+. The Hall–Kier alpha value is -3.60. The zero-order chi connectivity index (χ0) is 24.8. The summed E-state index contributed by atoms with van der Waals surface area (Å²) >= 11 is 1.85. The third-order valence-electron chi connectivity index (χ3n) is 7.84. The van der Waals surface area contributed by atoms with Crippen LogP contribution >= 0.6 is 18.6 Å². The van der Waals surface area contributed by atoms with E-state index in [1.165, 1.54) is 32.9 Å². The zero-order valence-electron chi connectivity index (χ0n) is 20.6. The molecule has 0 amide bonds. The van der Waals surface area contributed by atoms with Gasteiger partial charge < -0.3 is 5.32 Å². The van der Waals surface area contributed by atoms with Gasteiger partial charge in [-0.1, -0.05) is 36.4 Å². The normalized spacial score (nSPS) is 15.6. The smallest absolute Gasteiger partial charge is 0.142 e. The number of hydrogen-bond acceptors (Lipinski definition) is 5. The first kappa shape index (κ1) is 22.6. The number of hydrogen-bond donors (Lipinski definition) is 2. The third-order valence-corrected chi connectivity index (χ3v) is 13.6. The van der Waals surface area contributed by atoms with Gasteiger partial charge in [-0.05, 0) is 60.9 Å². The highest BCUT2D eigenvalue weighted by Gasteiger charge is 2.47. The lowest BCUT2D eigenvalue weighted by Gasteiger charge is -2.34. The van der Waals surface area contributed by atoms with Gasteiger partial charge in [0.2, 0.25) is 0 Å². The van der Waals surface area contributed by atoms with Crippen LogP contribution in [0.4, 0.5) is 11.5 Å². The molecule has 37 heavy (non-hydrogen) atoms. The van der Waals surface area contributed by atoms with Gasteiger partial charge in [0.15, 0.2) is 0 Å². The molecule has 0 bridgehead atoms. The van der Waals surface area contributed by atoms with Gasteiger partial charge in [0.05, 0.1) is 47.3 Å². The zero-order valence-corrected chi connectivity index (χ0v) is 22.3. The number of nitrogens with one attached hydrogen (secondary N) is 2. The predicted molar refractivity (Wildman–Crippen MR) is 158 cm³/mol. The molecule has 3 heterocycles. The molecule has 0 radical (unpaired) electrons. The van der Waals surface area contributed by atoms with Crippen LogP contribution in [0, 0.1) is 0 Å². The fourth-order valence-corrected chi connectivity index (χ4v) is 11.1. The van der Waals surface area contributed by atoms with Crippen LogP contribution in [0.2, 0.25) is 0 Å². The molecule has 0 saturated carbocycles. The second-order valence-electron chi connectivity index (χ2n) is 9.85. The molecule has 1 unspecified atom stereocenters. The molecule has 3 aromatic carbocycles. The molecule has 1 aliphatic carbocycles. The maximum Gasteiger partial charge on any atom is 0.142 e. The van der Waals surface area contributed by atoms with Crippen LogP contribution in [0.3, 0.4) is 0 Å². The lowest BCUT2D eigenvalue weighted by atomic mass is 9.96. The topological polar surface area (TPSA) is 66.5 Å². The van der Waals surface area contributed by atoms with Gasteiger partial charge >= 0.3 is 0 Å². The number of aryl methyl sites for hydroxylation is 1. The van der Waals surface area contributed by atoms with Crippen molar-refractivity contribution in [3.05, 3.63) is 102 Å². The number of thiophene rings is 1. The van der Waals surface area contributed by atoms with E-state index in [2.05, 4.69) is 106 Å². The van der Waals surface area contributed by atoms with E-state index in [9.17, 15) is 0 Å². The summed E-state index contributed by atoms with van der Waals surface area (Å²) in [5, 5.41) is 16.0. The summed E-state index contributed by atoms with van der Waals surface area (Å²) in [6.45, 7) is 2.54. The van der Waals surface area contributed by atoms with Gasteiger partial charge in [-0.3, -0.25) is 5.10 Å². The van der Waals surface area contributed by atoms with Crippen molar-refractivity contribution >= 4 is 61.8 Å². The molecule has 0 saturated heterocycles. The Morgan fingerprint density at radius 1 is 0.946 bits per heavy atom. The summed E-state index contributed by atoms with van der Waals surface area (Å²) in [6.07, 6.45) is 6.85. The molecule has 6 aromatic rings. The number of rotatable bonds is 5. The molecule has 3 aromatic heterocycles. The minimum absolute atomic E-state index is 0.603. The molecule has 0 aliphatic heterocycles. The average molecular weight is 521 g/mol. The van der Waals surface area contributed by atoms with E-state index >= 15 is 0 Å². The van der Waals surface area contributed by atoms with E-state index in [0.29, 0.717) is 5.66 Å². The largest absolute Gasteiger partial charge is 0.340 e. The molecule has 0 fully saturated rings. The van der Waals surface area contributed by atoms with Crippen molar-refractivity contribution in [2.75, 3.05) is 12.0 Å². The van der Waals surface area contributed by atoms with Gasteiger partial charge in [0.1, 0.15) is 17.0 Å². The van der Waals surface area contributed by atoms with E-state index in [-0.39, 0.29) is 0 Å². The Kier molecular flexibility index (Phi) is 5.53. The third kappa shape index (κ3) is 3.83. The Balaban J connectivity index is 1.27. The van der Waals surface area contributed by atoms with Gasteiger partial charge in [-0.2, -0.15) is 5.10 Å². The molecule has 0 spiro atoms. The van der Waals surface area contributed by atoms with Gasteiger partial charge in [-0.15, -0.1) is 11.3 Å². The van der Waals surface area contributed by atoms with Crippen molar-refractivity contribution in [2.45, 2.75) is 24.9 Å². The van der Waals surface area contributed by atoms with Crippen molar-refractivity contribution in [3.63, 3.8) is 0 Å². The van der Waals surface area contributed by atoms with Crippen LogP contribution in [-0.2, 0) is 12.8 Å². The highest BCUT2D eigenvalue weighted by molar-refractivity contribution is 7.89. The van der Waals surface area contributed by atoms with Crippen LogP contribution in [0.25, 0.3) is 21.1 Å². The Bertz CT molecular complexity index is 1670. The second-order valence-corrected chi connectivity index (χ2v) is 14.8. The quantitative estimate of drug-likeness (QED) is 0.256. The van der Waals surface area contributed by atoms with Crippen LogP contribution in [0.1, 0.15) is 16.9 Å². The summed E-state index contributed by atoms with van der Waals surface area (Å²) in [5.74, 6) is 0.896. The van der Waals surface area contributed by atoms with Gasteiger partial charge in [0, 0.05) is 22.4 Å². The number of aromatic nitrogens is 4. The lowest BCUT2D eigenvalue weighted by Crippen LogP contribution is -2.34. The summed E-state index contributed by atoms with van der Waals surface area (Å²) in [6, 6.07) is 28.6. The van der Waals surface area contributed by atoms with E-state index in [4.69, 9.17) is 4.98 Å². The monoisotopic (exact) mass is 520 g/mol. The molecule has 1 atom stereocenters. The van der Waals surface area contributed by atoms with E-state index in [1.807, 2.05) is 17.5 Å². The van der Waals surface area contributed by atoms with Crippen molar-refractivity contribution in [1.29, 1.82) is 0 Å². The highest BCUT2D eigenvalue weighted by atomic mass is 32.1. The number of aromatic amines is 1. The maximum atomic E-state index is 4.70. The minimum atomic E-state index is -1.59. The van der Waals surface area contributed by atoms with E-state index in [1.54, 1.807) is 6.33 Å². The average Bonchev–Trinajstić information content (AvgIpc) is 3.57. The maximum absolute atomic E-state index is 4.70. The van der Waals surface area contributed by atoms with Crippen LogP contribution < -0.4 is 15.9 Å². The predicted octanol–water partition coefficient (Wildman–Crippen LogP) is 6.47. The van der Waals surface area contributed by atoms with Gasteiger partial charge in [-0.25, -0.2) is 9.97 Å². The number of fused-ring (bicyclic) bond motifs is 4. The van der Waals surface area contributed by atoms with Gasteiger partial charge in [0.25, 0.3) is 0 Å². The number of anilines is 2. The van der Waals surface area contributed by atoms with Crippen molar-refractivity contribution < 1.29 is 0 Å². The lowest BCUT2D eigenvalue weighted by molar-refractivity contribution is 0.708. The fraction of sp³-hybridized carbons (Fsp3) is 0.167. The first-order chi connectivity index (χ1) is 18.2. The molecular weight excluding hydrogens is 493 g/mol. The second kappa shape index (κ2) is 9.05. The first-order valence-electron chi connectivity index (χ1n) is 12.6. The summed E-state index contributed by atoms with van der Waals surface area (Å²) in [7, 11) is -1.59. The minimum Gasteiger partial charge on any atom is -0.340 e. The summed E-state index contributed by atoms with van der Waals surface area (Å²) in [5.41, 5.74) is 4.07. The van der Waals surface area contributed by atoms with Crippen molar-refractivity contribution in [2.24, 2.45) is 0 Å². The van der Waals surface area contributed by atoms with Crippen molar-refractivity contribution in [1.82, 2.24) is 20.2 Å². The highest BCUT2D eigenvalue weighted by Crippen LogP contribution is 2.61. The standard InChI is InChI=1S/C30H27N5PS/c1-36(22-8-4-2-5-9-22,23-10-6-3-7-11-23)24-13-14-25-27(17-24)37-30-28(25)29(31-19-32-30)34-21-12-15-26-20(16-21)18-33-35-26/h2-12,15-16,18-19,24H,13-14,17H2,1H3,(H,33,35)(H,31,32,34)/q+1. The molecule has 182 valence electrons. The Labute approximate surface area is 220 Å². The first-order valence-corrected chi connectivity index (χ1v) is 15.7. The summed E-state index contributed by atoms with van der Waals surface area (Å²) < 4.78 is 0. The van der Waals surface area contributed by atoms with Crippen LogP contribution in [-0.4, -0.2) is 32.5 Å². The number of H-pyrrole nitrogens is 1. The van der Waals surface area contributed by atoms with E-state index in [0.717, 1.165) is 40.1 Å². The Morgan fingerprint density at radius 2 is 1.70 bits per heavy atom. The molecule has 2 N–H and O–H groups in total. The summed E-state index contributed by atoms with van der Waals surface area (Å²) in [4.78, 5) is 11.9. The van der Waals surface area contributed by atoms with Crippen LogP contribution in [0.5, 0.6) is 0 Å². The van der Waals surface area contributed by atoms with E-state index < -0.39 is 7.26 Å². The molecule has 7 rings (SSSR count). The SMILES string of the molecule is C[P+](c1ccccc1)(c1ccccc1)C1CCc2c(sc3ncnc(Nc4ccc5[nH]ncc5c4)c23)C1. The number of benzene rings is 3. The Morgan fingerprint density at radius 3 is 2.46 bits per heavy atom. The molecule has 7 heteroatoms. The van der Waals surface area contributed by atoms with Crippen molar-refractivity contribution in [3.8, 4) is 0 Å². The fourth-order valence-electron chi connectivity index (χ4n) is 5.83.